The van der Waals surface area contributed by atoms with Gasteiger partial charge < -0.3 is 20.8 Å². The van der Waals surface area contributed by atoms with Gasteiger partial charge in [0.25, 0.3) is 0 Å². The standard InChI is InChI=1S/C28H34N8O3S/c1-4-11-36(28-31-23(18-39-28)27-32-25(29)17-26(30)33-27)24-16-21(6-5-19(24)2)20-7-9-22(10-8-20)40(37,38)35-14-12-34(3)13-15-35/h5-10,16-18H,4,11-15H2,1-3H3,(H4,29,30,32,33). The molecule has 0 bridgehead atoms. The molecule has 12 heteroatoms. The average molecular weight is 563 g/mol. The van der Waals surface area contributed by atoms with E-state index in [-0.39, 0.29) is 11.6 Å². The third-order valence-electron chi connectivity index (χ3n) is 6.95. The van der Waals surface area contributed by atoms with E-state index in [0.29, 0.717) is 42.1 Å². The van der Waals surface area contributed by atoms with E-state index in [0.717, 1.165) is 41.9 Å². The molecule has 11 nitrogen and oxygen atoms in total. The Balaban J connectivity index is 1.43. The van der Waals surface area contributed by atoms with Crippen molar-refractivity contribution in [3.05, 3.63) is 60.4 Å². The number of nitrogens with zero attached hydrogens (tertiary/aromatic N) is 6. The van der Waals surface area contributed by atoms with Crippen molar-refractivity contribution in [1.29, 1.82) is 0 Å². The zero-order valence-corrected chi connectivity index (χ0v) is 23.7. The molecule has 0 radical (unpaired) electrons. The molecule has 0 unspecified atom stereocenters. The molecule has 1 fully saturated rings. The van der Waals surface area contributed by atoms with E-state index in [1.807, 2.05) is 43.1 Å². The molecule has 40 heavy (non-hydrogen) atoms. The minimum Gasteiger partial charge on any atom is -0.431 e. The second kappa shape index (κ2) is 11.2. The van der Waals surface area contributed by atoms with Crippen LogP contribution in [0.2, 0.25) is 0 Å². The predicted molar refractivity (Wildman–Crippen MR) is 157 cm³/mol. The fourth-order valence-corrected chi connectivity index (χ4v) is 6.13. The lowest BCUT2D eigenvalue weighted by molar-refractivity contribution is 0.222. The minimum absolute atomic E-state index is 0.253. The van der Waals surface area contributed by atoms with E-state index in [9.17, 15) is 8.42 Å². The maximum atomic E-state index is 13.2. The highest BCUT2D eigenvalue weighted by Crippen LogP contribution is 2.34. The Morgan fingerprint density at radius 3 is 2.23 bits per heavy atom. The first kappa shape index (κ1) is 27.6. The van der Waals surface area contributed by atoms with Crippen molar-refractivity contribution in [3.8, 4) is 22.6 Å². The number of benzene rings is 2. The molecule has 1 saturated heterocycles. The Morgan fingerprint density at radius 2 is 1.57 bits per heavy atom. The molecule has 0 amide bonds. The molecule has 5 rings (SSSR count). The van der Waals surface area contributed by atoms with Gasteiger partial charge in [-0.1, -0.05) is 31.2 Å². The highest BCUT2D eigenvalue weighted by atomic mass is 32.2. The number of aryl methyl sites for hydroxylation is 1. The number of nitrogens with two attached hydrogens (primary N) is 2. The summed E-state index contributed by atoms with van der Waals surface area (Å²) in [5, 5.41) is 0. The van der Waals surface area contributed by atoms with Crippen molar-refractivity contribution in [2.45, 2.75) is 25.2 Å². The first-order valence-corrected chi connectivity index (χ1v) is 14.6. The summed E-state index contributed by atoms with van der Waals surface area (Å²) in [6.45, 7) is 7.21. The lowest BCUT2D eigenvalue weighted by Crippen LogP contribution is -2.46. The third-order valence-corrected chi connectivity index (χ3v) is 8.87. The Morgan fingerprint density at radius 1 is 0.925 bits per heavy atom. The normalized spacial score (nSPS) is 14.9. The van der Waals surface area contributed by atoms with Gasteiger partial charge in [0.05, 0.1) is 4.90 Å². The van der Waals surface area contributed by atoms with Gasteiger partial charge >= 0.3 is 6.01 Å². The summed E-state index contributed by atoms with van der Waals surface area (Å²) in [4.78, 5) is 17.5. The molecule has 0 spiro atoms. The van der Waals surface area contributed by atoms with Crippen LogP contribution in [0.4, 0.5) is 23.3 Å². The number of hydrogen-bond acceptors (Lipinski definition) is 10. The summed E-state index contributed by atoms with van der Waals surface area (Å²) >= 11 is 0. The molecule has 2 aromatic heterocycles. The second-order valence-electron chi connectivity index (χ2n) is 9.94. The van der Waals surface area contributed by atoms with Gasteiger partial charge in [0.15, 0.2) is 5.82 Å². The lowest BCUT2D eigenvalue weighted by atomic mass is 10.0. The van der Waals surface area contributed by atoms with Gasteiger partial charge in [0.1, 0.15) is 23.6 Å². The van der Waals surface area contributed by atoms with Crippen LogP contribution < -0.4 is 16.4 Å². The van der Waals surface area contributed by atoms with Crippen molar-refractivity contribution in [1.82, 2.24) is 24.2 Å². The molecular formula is C28H34N8O3S. The van der Waals surface area contributed by atoms with Crippen molar-refractivity contribution < 1.29 is 12.8 Å². The van der Waals surface area contributed by atoms with E-state index >= 15 is 0 Å². The molecule has 4 aromatic rings. The number of rotatable bonds is 8. The third kappa shape index (κ3) is 5.64. The molecule has 2 aromatic carbocycles. The molecule has 3 heterocycles. The fourth-order valence-electron chi connectivity index (χ4n) is 4.71. The van der Waals surface area contributed by atoms with Crippen molar-refractivity contribution in [3.63, 3.8) is 0 Å². The van der Waals surface area contributed by atoms with Crippen LogP contribution in [0.5, 0.6) is 0 Å². The van der Waals surface area contributed by atoms with Gasteiger partial charge in [0, 0.05) is 44.5 Å². The average Bonchev–Trinajstić information content (AvgIpc) is 3.42. The molecule has 0 atom stereocenters. The quantitative estimate of drug-likeness (QED) is 0.325. The second-order valence-corrected chi connectivity index (χ2v) is 11.9. The molecular weight excluding hydrogens is 528 g/mol. The molecule has 210 valence electrons. The van der Waals surface area contributed by atoms with Gasteiger partial charge in [-0.05, 0) is 55.3 Å². The number of oxazole rings is 1. The summed E-state index contributed by atoms with van der Waals surface area (Å²) in [6.07, 6.45) is 2.34. The maximum Gasteiger partial charge on any atom is 0.302 e. The van der Waals surface area contributed by atoms with E-state index in [1.165, 1.54) is 12.3 Å². The molecule has 1 aliphatic rings. The molecule has 4 N–H and O–H groups in total. The Bertz CT molecular complexity index is 1580. The smallest absolute Gasteiger partial charge is 0.302 e. The topological polar surface area (TPSA) is 148 Å². The monoisotopic (exact) mass is 562 g/mol. The number of aromatic nitrogens is 3. The van der Waals surface area contributed by atoms with Gasteiger partial charge in [-0.25, -0.2) is 18.4 Å². The number of hydrogen-bond donors (Lipinski definition) is 2. The molecule has 0 aliphatic carbocycles. The number of anilines is 4. The van der Waals surface area contributed by atoms with Gasteiger partial charge in [0.2, 0.25) is 10.0 Å². The summed E-state index contributed by atoms with van der Waals surface area (Å²) in [6, 6.07) is 15.1. The number of nitrogen functional groups attached to an aromatic ring is 2. The first-order valence-electron chi connectivity index (χ1n) is 13.2. The fraction of sp³-hybridized carbons (Fsp3) is 0.321. The molecule has 1 aliphatic heterocycles. The van der Waals surface area contributed by atoms with Crippen LogP contribution in [-0.4, -0.2) is 72.3 Å². The Kier molecular flexibility index (Phi) is 7.74. The summed E-state index contributed by atoms with van der Waals surface area (Å²) in [5.41, 5.74) is 15.9. The van der Waals surface area contributed by atoms with Gasteiger partial charge in [-0.15, -0.1) is 0 Å². The van der Waals surface area contributed by atoms with Crippen LogP contribution in [0, 0.1) is 6.92 Å². The van der Waals surface area contributed by atoms with Crippen molar-refractivity contribution >= 4 is 33.4 Å². The molecule has 0 saturated carbocycles. The van der Waals surface area contributed by atoms with Crippen LogP contribution in [0.3, 0.4) is 0 Å². The van der Waals surface area contributed by atoms with E-state index < -0.39 is 10.0 Å². The van der Waals surface area contributed by atoms with Crippen LogP contribution in [0.15, 0.2) is 64.1 Å². The van der Waals surface area contributed by atoms with E-state index in [4.69, 9.17) is 15.9 Å². The van der Waals surface area contributed by atoms with E-state index in [1.54, 1.807) is 16.4 Å². The Labute approximate surface area is 234 Å². The zero-order chi connectivity index (χ0) is 28.4. The summed E-state index contributed by atoms with van der Waals surface area (Å²) in [7, 11) is -1.53. The summed E-state index contributed by atoms with van der Waals surface area (Å²) in [5.74, 6) is 0.799. The van der Waals surface area contributed by atoms with Crippen LogP contribution in [-0.2, 0) is 10.0 Å². The van der Waals surface area contributed by atoms with Crippen molar-refractivity contribution in [2.24, 2.45) is 0 Å². The van der Waals surface area contributed by atoms with Crippen LogP contribution in [0.1, 0.15) is 18.9 Å². The maximum absolute atomic E-state index is 13.2. The van der Waals surface area contributed by atoms with Crippen molar-refractivity contribution in [2.75, 3.05) is 56.1 Å². The number of likely N-dealkylation sites (N-methyl/N-ethyl adjacent to an activating group) is 1. The van der Waals surface area contributed by atoms with Crippen LogP contribution in [0.25, 0.3) is 22.6 Å². The van der Waals surface area contributed by atoms with E-state index in [2.05, 4.69) is 32.8 Å². The first-order chi connectivity index (χ1) is 19.2. The van der Waals surface area contributed by atoms with Gasteiger partial charge in [-0.3, -0.25) is 4.90 Å². The summed E-state index contributed by atoms with van der Waals surface area (Å²) < 4.78 is 33.7. The SMILES string of the molecule is CCCN(c1nc(-c2nc(N)cc(N)n2)co1)c1cc(-c2ccc(S(=O)(=O)N3CCN(C)CC3)cc2)ccc1C. The highest BCUT2D eigenvalue weighted by molar-refractivity contribution is 7.89. The Hall–Kier alpha value is -4.00. The number of piperazine rings is 1. The van der Waals surface area contributed by atoms with Crippen LogP contribution >= 0.6 is 0 Å². The number of sulfonamides is 1. The zero-order valence-electron chi connectivity index (χ0n) is 22.9. The highest BCUT2D eigenvalue weighted by Gasteiger charge is 2.27. The predicted octanol–water partition coefficient (Wildman–Crippen LogP) is 3.76. The lowest BCUT2D eigenvalue weighted by Gasteiger charge is -2.31. The minimum atomic E-state index is -3.53. The largest absolute Gasteiger partial charge is 0.431 e. The van der Waals surface area contributed by atoms with Gasteiger partial charge in [-0.2, -0.15) is 9.29 Å².